The lowest BCUT2D eigenvalue weighted by molar-refractivity contribution is 0.0964. The predicted octanol–water partition coefficient (Wildman–Crippen LogP) is 3.59. The number of rotatable bonds is 3. The van der Waals surface area contributed by atoms with Gasteiger partial charge in [0.05, 0.1) is 23.0 Å². The van der Waals surface area contributed by atoms with Crippen molar-refractivity contribution in [2.75, 3.05) is 7.05 Å². The molecule has 0 unspecified atom stereocenters. The standard InChI is InChI=1S/C21H15N5O2/c1-22-21(27)14-12-17(18-8-5-11-28-18)23-15-9-10-16-20(19(14)15)25-26(24-16)13-6-3-2-4-7-13/h2-12H,1H3,(H,22,27). The van der Waals surface area contributed by atoms with Gasteiger partial charge in [0.15, 0.2) is 5.76 Å². The molecular formula is C21H15N5O2. The molecule has 0 saturated carbocycles. The van der Waals surface area contributed by atoms with Crippen LogP contribution in [-0.2, 0) is 0 Å². The molecule has 136 valence electrons. The molecule has 1 N–H and O–H groups in total. The van der Waals surface area contributed by atoms with E-state index in [4.69, 9.17) is 4.42 Å². The number of carbonyl (C=O) groups excluding carboxylic acids is 1. The fraction of sp³-hybridized carbons (Fsp3) is 0.0476. The van der Waals surface area contributed by atoms with Gasteiger partial charge in [-0.2, -0.15) is 4.80 Å². The lowest BCUT2D eigenvalue weighted by Gasteiger charge is -2.08. The molecular weight excluding hydrogens is 354 g/mol. The van der Waals surface area contributed by atoms with E-state index in [9.17, 15) is 4.79 Å². The average Bonchev–Trinajstić information content (AvgIpc) is 3.42. The number of nitrogens with one attached hydrogen (secondary N) is 1. The maximum Gasteiger partial charge on any atom is 0.251 e. The van der Waals surface area contributed by atoms with Crippen LogP contribution in [0.15, 0.2) is 71.3 Å². The molecule has 0 aliphatic heterocycles. The molecule has 7 heteroatoms. The van der Waals surface area contributed by atoms with Crippen LogP contribution in [-0.4, -0.2) is 32.9 Å². The summed E-state index contributed by atoms with van der Waals surface area (Å²) in [7, 11) is 1.60. The van der Waals surface area contributed by atoms with Crippen LogP contribution in [0.3, 0.4) is 0 Å². The smallest absolute Gasteiger partial charge is 0.251 e. The molecule has 1 amide bonds. The molecule has 0 atom stereocenters. The van der Waals surface area contributed by atoms with E-state index in [1.807, 2.05) is 48.5 Å². The minimum absolute atomic E-state index is 0.220. The Morgan fingerprint density at radius 2 is 1.82 bits per heavy atom. The van der Waals surface area contributed by atoms with E-state index in [1.165, 1.54) is 0 Å². The first-order chi connectivity index (χ1) is 13.7. The van der Waals surface area contributed by atoms with Crippen molar-refractivity contribution in [1.82, 2.24) is 25.3 Å². The Hall–Kier alpha value is -4.00. The number of carbonyl (C=O) groups is 1. The van der Waals surface area contributed by atoms with E-state index >= 15 is 0 Å². The number of amides is 1. The van der Waals surface area contributed by atoms with Gasteiger partial charge in [-0.3, -0.25) is 4.79 Å². The number of furan rings is 1. The van der Waals surface area contributed by atoms with E-state index in [2.05, 4.69) is 20.5 Å². The molecule has 0 fully saturated rings. The van der Waals surface area contributed by atoms with Gasteiger partial charge in [0.2, 0.25) is 0 Å². The molecule has 28 heavy (non-hydrogen) atoms. The Bertz CT molecular complexity index is 1310. The number of aromatic nitrogens is 4. The summed E-state index contributed by atoms with van der Waals surface area (Å²) in [5.74, 6) is 0.377. The SMILES string of the molecule is CNC(=O)c1cc(-c2ccco2)nc2ccc3nn(-c4ccccc4)nc3c12. The lowest BCUT2D eigenvalue weighted by atomic mass is 10.0. The molecule has 7 nitrogen and oxygen atoms in total. The average molecular weight is 369 g/mol. The largest absolute Gasteiger partial charge is 0.463 e. The summed E-state index contributed by atoms with van der Waals surface area (Å²) in [5, 5.41) is 12.6. The highest BCUT2D eigenvalue weighted by Crippen LogP contribution is 2.30. The number of para-hydroxylation sites is 1. The van der Waals surface area contributed by atoms with Crippen molar-refractivity contribution in [2.45, 2.75) is 0 Å². The summed E-state index contributed by atoms with van der Waals surface area (Å²) in [6.07, 6.45) is 1.58. The maximum absolute atomic E-state index is 12.6. The Morgan fingerprint density at radius 3 is 2.57 bits per heavy atom. The first-order valence-electron chi connectivity index (χ1n) is 8.77. The fourth-order valence-electron chi connectivity index (χ4n) is 3.24. The monoisotopic (exact) mass is 369 g/mol. The van der Waals surface area contributed by atoms with Crippen molar-refractivity contribution in [2.24, 2.45) is 0 Å². The Morgan fingerprint density at radius 1 is 1.00 bits per heavy atom. The van der Waals surface area contributed by atoms with Crippen LogP contribution in [0.2, 0.25) is 0 Å². The second-order valence-corrected chi connectivity index (χ2v) is 6.26. The van der Waals surface area contributed by atoms with Crippen molar-refractivity contribution < 1.29 is 9.21 Å². The van der Waals surface area contributed by atoms with Crippen molar-refractivity contribution in [3.8, 4) is 17.1 Å². The van der Waals surface area contributed by atoms with Crippen molar-refractivity contribution in [3.05, 3.63) is 72.5 Å². The van der Waals surface area contributed by atoms with Gasteiger partial charge in [0.25, 0.3) is 5.91 Å². The van der Waals surface area contributed by atoms with Gasteiger partial charge in [-0.1, -0.05) is 18.2 Å². The predicted molar refractivity (Wildman–Crippen MR) is 105 cm³/mol. The van der Waals surface area contributed by atoms with Gasteiger partial charge in [-0.15, -0.1) is 10.2 Å². The number of fused-ring (bicyclic) bond motifs is 3. The maximum atomic E-state index is 12.6. The van der Waals surface area contributed by atoms with Crippen molar-refractivity contribution in [1.29, 1.82) is 0 Å². The number of hydrogen-bond acceptors (Lipinski definition) is 5. The molecule has 0 radical (unpaired) electrons. The topological polar surface area (TPSA) is 85.8 Å². The molecule has 2 aromatic carbocycles. The Labute approximate surface area is 159 Å². The van der Waals surface area contributed by atoms with Crippen LogP contribution >= 0.6 is 0 Å². The first kappa shape index (κ1) is 16.2. The second kappa shape index (κ2) is 6.31. The zero-order valence-electron chi connectivity index (χ0n) is 15.0. The highest BCUT2D eigenvalue weighted by Gasteiger charge is 2.19. The summed E-state index contributed by atoms with van der Waals surface area (Å²) >= 11 is 0. The number of nitrogens with zero attached hydrogens (tertiary/aromatic N) is 4. The number of benzene rings is 2. The quantitative estimate of drug-likeness (QED) is 0.525. The molecule has 3 heterocycles. The Kier molecular flexibility index (Phi) is 3.65. The fourth-order valence-corrected chi connectivity index (χ4v) is 3.24. The van der Waals surface area contributed by atoms with Gasteiger partial charge >= 0.3 is 0 Å². The third kappa shape index (κ3) is 2.52. The summed E-state index contributed by atoms with van der Waals surface area (Å²) < 4.78 is 5.46. The third-order valence-electron chi connectivity index (χ3n) is 4.56. The van der Waals surface area contributed by atoms with Gasteiger partial charge in [-0.05, 0) is 42.5 Å². The van der Waals surface area contributed by atoms with Crippen LogP contribution in [0.1, 0.15) is 10.4 Å². The van der Waals surface area contributed by atoms with Crippen LogP contribution in [0.25, 0.3) is 39.1 Å². The molecule has 0 bridgehead atoms. The summed E-state index contributed by atoms with van der Waals surface area (Å²) in [5.41, 5.74) is 3.87. The molecule has 5 aromatic rings. The molecule has 0 spiro atoms. The van der Waals surface area contributed by atoms with Crippen LogP contribution in [0.5, 0.6) is 0 Å². The van der Waals surface area contributed by atoms with Gasteiger partial charge in [0.1, 0.15) is 16.7 Å². The summed E-state index contributed by atoms with van der Waals surface area (Å²) in [6.45, 7) is 0. The summed E-state index contributed by atoms with van der Waals surface area (Å²) in [4.78, 5) is 18.9. The van der Waals surface area contributed by atoms with E-state index in [0.717, 1.165) is 5.69 Å². The number of hydrogen-bond donors (Lipinski definition) is 1. The van der Waals surface area contributed by atoms with Crippen LogP contribution < -0.4 is 5.32 Å². The van der Waals surface area contributed by atoms with Gasteiger partial charge in [0, 0.05) is 12.4 Å². The highest BCUT2D eigenvalue weighted by atomic mass is 16.3. The molecule has 0 aliphatic rings. The minimum Gasteiger partial charge on any atom is -0.463 e. The molecule has 5 rings (SSSR count). The normalized spacial score (nSPS) is 11.2. The zero-order valence-corrected chi connectivity index (χ0v) is 15.0. The number of pyridine rings is 1. The van der Waals surface area contributed by atoms with Crippen LogP contribution in [0, 0.1) is 0 Å². The minimum atomic E-state index is -0.220. The van der Waals surface area contributed by atoms with E-state index in [1.54, 1.807) is 30.2 Å². The van der Waals surface area contributed by atoms with E-state index in [-0.39, 0.29) is 5.91 Å². The van der Waals surface area contributed by atoms with Crippen molar-refractivity contribution in [3.63, 3.8) is 0 Å². The summed E-state index contributed by atoms with van der Waals surface area (Å²) in [6, 6.07) is 18.7. The van der Waals surface area contributed by atoms with Gasteiger partial charge in [-0.25, -0.2) is 4.98 Å². The molecule has 3 aromatic heterocycles. The first-order valence-corrected chi connectivity index (χ1v) is 8.77. The Balaban J connectivity index is 1.82. The molecule has 0 saturated heterocycles. The lowest BCUT2D eigenvalue weighted by Crippen LogP contribution is -2.18. The zero-order chi connectivity index (χ0) is 19.1. The highest BCUT2D eigenvalue weighted by molar-refractivity contribution is 6.15. The van der Waals surface area contributed by atoms with Crippen LogP contribution in [0.4, 0.5) is 0 Å². The van der Waals surface area contributed by atoms with Crippen molar-refractivity contribution >= 4 is 27.8 Å². The van der Waals surface area contributed by atoms with Gasteiger partial charge < -0.3 is 9.73 Å². The molecule has 0 aliphatic carbocycles. The van der Waals surface area contributed by atoms with E-state index < -0.39 is 0 Å². The second-order valence-electron chi connectivity index (χ2n) is 6.26. The van der Waals surface area contributed by atoms with E-state index in [0.29, 0.717) is 39.0 Å². The third-order valence-corrected chi connectivity index (χ3v) is 4.56.